The first-order valence-corrected chi connectivity index (χ1v) is 8.63. The van der Waals surface area contributed by atoms with E-state index in [1.165, 1.54) is 17.1 Å². The van der Waals surface area contributed by atoms with Gasteiger partial charge >= 0.3 is 0 Å². The third-order valence-electron chi connectivity index (χ3n) is 2.77. The molecule has 0 bridgehead atoms. The normalized spacial score (nSPS) is 24.3. The molecule has 1 aliphatic rings. The molecule has 2 atom stereocenters. The summed E-state index contributed by atoms with van der Waals surface area (Å²) in [5, 5.41) is 6.90. The molecule has 0 spiro atoms. The Morgan fingerprint density at radius 1 is 1.39 bits per heavy atom. The maximum atomic E-state index is 5.86. The van der Waals surface area contributed by atoms with Crippen LogP contribution in [0.4, 0.5) is 5.69 Å². The van der Waals surface area contributed by atoms with Gasteiger partial charge in [0.1, 0.15) is 4.88 Å². The lowest BCUT2D eigenvalue weighted by Crippen LogP contribution is -2.16. The summed E-state index contributed by atoms with van der Waals surface area (Å²) in [7, 11) is 0. The Morgan fingerprint density at radius 3 is 2.94 bits per heavy atom. The van der Waals surface area contributed by atoms with Crippen molar-refractivity contribution < 1.29 is 4.52 Å². The molecule has 18 heavy (non-hydrogen) atoms. The molecule has 1 saturated heterocycles. The van der Waals surface area contributed by atoms with Crippen molar-refractivity contribution in [3.8, 4) is 10.8 Å². The fraction of sp³-hybridized carbons (Fsp3) is 0.455. The average Bonchev–Trinajstić information content (AvgIpc) is 2.98. The molecule has 1 aliphatic heterocycles. The van der Waals surface area contributed by atoms with Gasteiger partial charge in [-0.1, -0.05) is 12.1 Å². The zero-order valence-electron chi connectivity index (χ0n) is 9.83. The third-order valence-corrected chi connectivity index (χ3v) is 6.78. The SMILES string of the molecule is CC1SCCSC1c1noc(-c2sccc2N)n1. The van der Waals surface area contributed by atoms with Crippen molar-refractivity contribution >= 4 is 40.5 Å². The van der Waals surface area contributed by atoms with Crippen molar-refractivity contribution in [3.05, 3.63) is 17.3 Å². The number of thioether (sulfide) groups is 2. The lowest BCUT2D eigenvalue weighted by atomic mass is 10.3. The molecule has 3 heterocycles. The number of nitrogens with zero attached hydrogens (tertiary/aromatic N) is 2. The van der Waals surface area contributed by atoms with Crippen molar-refractivity contribution in [1.82, 2.24) is 10.1 Å². The fourth-order valence-electron chi connectivity index (χ4n) is 1.85. The Bertz CT molecular complexity index is 539. The van der Waals surface area contributed by atoms with Gasteiger partial charge in [-0.3, -0.25) is 0 Å². The van der Waals surface area contributed by atoms with Crippen LogP contribution in [0.25, 0.3) is 10.8 Å². The van der Waals surface area contributed by atoms with Gasteiger partial charge in [-0.25, -0.2) is 0 Å². The number of thiophene rings is 1. The first-order chi connectivity index (χ1) is 8.75. The van der Waals surface area contributed by atoms with Crippen molar-refractivity contribution in [2.45, 2.75) is 17.4 Å². The second-order valence-electron chi connectivity index (χ2n) is 4.03. The maximum Gasteiger partial charge on any atom is 0.270 e. The van der Waals surface area contributed by atoms with E-state index in [1.807, 2.05) is 35.0 Å². The molecule has 0 aliphatic carbocycles. The Hall–Kier alpha value is -0.660. The number of hydrogen-bond acceptors (Lipinski definition) is 7. The van der Waals surface area contributed by atoms with Gasteiger partial charge in [0.2, 0.25) is 0 Å². The Kier molecular flexibility index (Phi) is 3.54. The zero-order chi connectivity index (χ0) is 12.5. The summed E-state index contributed by atoms with van der Waals surface area (Å²) in [5.74, 6) is 3.68. The van der Waals surface area contributed by atoms with Crippen LogP contribution in [0.2, 0.25) is 0 Å². The second-order valence-corrected chi connectivity index (χ2v) is 7.68. The van der Waals surface area contributed by atoms with Gasteiger partial charge in [-0.2, -0.15) is 16.7 Å². The molecule has 0 amide bonds. The van der Waals surface area contributed by atoms with E-state index in [0.29, 0.717) is 22.1 Å². The van der Waals surface area contributed by atoms with Gasteiger partial charge in [-0.15, -0.1) is 23.1 Å². The minimum absolute atomic E-state index is 0.322. The van der Waals surface area contributed by atoms with Crippen LogP contribution < -0.4 is 5.73 Å². The molecular weight excluding hydrogens is 286 g/mol. The number of hydrogen-bond donors (Lipinski definition) is 1. The number of anilines is 1. The van der Waals surface area contributed by atoms with Crippen LogP contribution >= 0.6 is 34.9 Å². The summed E-state index contributed by atoms with van der Waals surface area (Å²) in [6.07, 6.45) is 0. The molecule has 0 radical (unpaired) electrons. The molecule has 2 aromatic heterocycles. The van der Waals surface area contributed by atoms with Crippen LogP contribution in [0, 0.1) is 0 Å². The van der Waals surface area contributed by atoms with E-state index < -0.39 is 0 Å². The topological polar surface area (TPSA) is 64.9 Å². The zero-order valence-corrected chi connectivity index (χ0v) is 12.3. The van der Waals surface area contributed by atoms with Gasteiger partial charge in [0.15, 0.2) is 5.82 Å². The second kappa shape index (κ2) is 5.14. The van der Waals surface area contributed by atoms with Crippen molar-refractivity contribution in [3.63, 3.8) is 0 Å². The van der Waals surface area contributed by atoms with Crippen LogP contribution in [0.15, 0.2) is 16.0 Å². The smallest absolute Gasteiger partial charge is 0.270 e. The molecule has 0 aromatic carbocycles. The van der Waals surface area contributed by atoms with Crippen molar-refractivity contribution in [2.24, 2.45) is 0 Å². The molecule has 2 N–H and O–H groups in total. The summed E-state index contributed by atoms with van der Waals surface area (Å²) < 4.78 is 5.34. The van der Waals surface area contributed by atoms with Crippen molar-refractivity contribution in [2.75, 3.05) is 17.2 Å². The molecule has 1 fully saturated rings. The van der Waals surface area contributed by atoms with E-state index in [4.69, 9.17) is 10.3 Å². The van der Waals surface area contributed by atoms with Crippen molar-refractivity contribution in [1.29, 1.82) is 0 Å². The highest BCUT2D eigenvalue weighted by Gasteiger charge is 2.29. The van der Waals surface area contributed by atoms with E-state index >= 15 is 0 Å². The molecule has 7 heteroatoms. The lowest BCUT2D eigenvalue weighted by molar-refractivity contribution is 0.422. The lowest BCUT2D eigenvalue weighted by Gasteiger charge is -2.24. The molecule has 96 valence electrons. The van der Waals surface area contributed by atoms with Crippen LogP contribution in [-0.2, 0) is 0 Å². The summed E-state index contributed by atoms with van der Waals surface area (Å²) >= 11 is 5.40. The standard InChI is InChI=1S/C11H13N3OS3/c1-6-8(18-5-4-16-6)10-13-11(15-14-10)9-7(12)2-3-17-9/h2-3,6,8H,4-5,12H2,1H3. The van der Waals surface area contributed by atoms with Gasteiger partial charge < -0.3 is 10.3 Å². The van der Waals surface area contributed by atoms with Crippen LogP contribution in [0.1, 0.15) is 18.0 Å². The Morgan fingerprint density at radius 2 is 2.22 bits per heavy atom. The highest BCUT2D eigenvalue weighted by molar-refractivity contribution is 8.06. The highest BCUT2D eigenvalue weighted by atomic mass is 32.2. The summed E-state index contributed by atoms with van der Waals surface area (Å²) in [4.78, 5) is 5.38. The summed E-state index contributed by atoms with van der Waals surface area (Å²) in [5.41, 5.74) is 6.56. The Labute approximate surface area is 118 Å². The van der Waals surface area contributed by atoms with Gasteiger partial charge in [-0.05, 0) is 11.4 Å². The van der Waals surface area contributed by atoms with E-state index in [2.05, 4.69) is 17.1 Å². The minimum Gasteiger partial charge on any atom is -0.397 e. The molecule has 4 nitrogen and oxygen atoms in total. The number of nitrogen functional groups attached to an aromatic ring is 1. The Balaban J connectivity index is 1.87. The molecule has 3 rings (SSSR count). The van der Waals surface area contributed by atoms with Crippen LogP contribution in [-0.4, -0.2) is 26.9 Å². The number of nitrogens with two attached hydrogens (primary N) is 1. The monoisotopic (exact) mass is 299 g/mol. The van der Waals surface area contributed by atoms with E-state index in [9.17, 15) is 0 Å². The average molecular weight is 299 g/mol. The van der Waals surface area contributed by atoms with E-state index in [-0.39, 0.29) is 0 Å². The first kappa shape index (κ1) is 12.4. The molecular formula is C11H13N3OS3. The third kappa shape index (κ3) is 2.26. The van der Waals surface area contributed by atoms with Gasteiger partial charge in [0.25, 0.3) is 5.89 Å². The van der Waals surface area contributed by atoms with Gasteiger partial charge in [0.05, 0.1) is 10.9 Å². The largest absolute Gasteiger partial charge is 0.397 e. The first-order valence-electron chi connectivity index (χ1n) is 5.66. The predicted octanol–water partition coefficient (Wildman–Crippen LogP) is 3.29. The molecule has 0 saturated carbocycles. The maximum absolute atomic E-state index is 5.86. The molecule has 2 unspecified atom stereocenters. The summed E-state index contributed by atoms with van der Waals surface area (Å²) in [6, 6.07) is 1.86. The number of rotatable bonds is 2. The van der Waals surface area contributed by atoms with Gasteiger partial charge in [0, 0.05) is 16.8 Å². The summed E-state index contributed by atoms with van der Waals surface area (Å²) in [6.45, 7) is 2.22. The van der Waals surface area contributed by atoms with Crippen LogP contribution in [0.5, 0.6) is 0 Å². The molecule has 2 aromatic rings. The highest BCUT2D eigenvalue weighted by Crippen LogP contribution is 2.42. The van der Waals surface area contributed by atoms with E-state index in [0.717, 1.165) is 16.5 Å². The fourth-order valence-corrected chi connectivity index (χ4v) is 5.27. The number of aromatic nitrogens is 2. The van der Waals surface area contributed by atoms with Crippen LogP contribution in [0.3, 0.4) is 0 Å². The quantitative estimate of drug-likeness (QED) is 0.918. The van der Waals surface area contributed by atoms with E-state index in [1.54, 1.807) is 0 Å². The minimum atomic E-state index is 0.322. The predicted molar refractivity (Wildman–Crippen MR) is 79.1 cm³/mol.